The Labute approximate surface area is 165 Å². The third-order valence-electron chi connectivity index (χ3n) is 3.84. The zero-order valence-corrected chi connectivity index (χ0v) is 15.7. The van der Waals surface area contributed by atoms with Gasteiger partial charge in [-0.2, -0.15) is 0 Å². The predicted molar refractivity (Wildman–Crippen MR) is 102 cm³/mol. The van der Waals surface area contributed by atoms with E-state index in [4.69, 9.17) is 21.1 Å². The molecule has 144 valence electrons. The van der Waals surface area contributed by atoms with Gasteiger partial charge in [0.1, 0.15) is 11.6 Å². The molecule has 0 atom stereocenters. The number of ether oxygens (including phenoxy) is 2. The highest BCUT2D eigenvalue weighted by atomic mass is 35.5. The summed E-state index contributed by atoms with van der Waals surface area (Å²) in [6.07, 6.45) is 0. The number of rotatable bonds is 6. The van der Waals surface area contributed by atoms with Crippen molar-refractivity contribution in [2.45, 2.75) is 6.92 Å². The summed E-state index contributed by atoms with van der Waals surface area (Å²) in [5.41, 5.74) is 2.27. The first kappa shape index (κ1) is 19.8. The summed E-state index contributed by atoms with van der Waals surface area (Å²) in [4.78, 5) is 15.9. The lowest BCUT2D eigenvalue weighted by atomic mass is 10.0. The number of carbonyl (C=O) groups excluding carboxylic acids is 1. The molecule has 7 heteroatoms. The monoisotopic (exact) mass is 403 g/mol. The molecule has 0 spiro atoms. The van der Waals surface area contributed by atoms with Crippen LogP contribution >= 0.6 is 11.6 Å². The summed E-state index contributed by atoms with van der Waals surface area (Å²) in [7, 11) is 0. The highest BCUT2D eigenvalue weighted by Crippen LogP contribution is 2.30. The van der Waals surface area contributed by atoms with Gasteiger partial charge in [-0.3, -0.25) is 0 Å². The van der Waals surface area contributed by atoms with Gasteiger partial charge >= 0.3 is 5.97 Å². The van der Waals surface area contributed by atoms with E-state index in [-0.39, 0.29) is 29.9 Å². The molecule has 0 bridgehead atoms. The van der Waals surface area contributed by atoms with Crippen molar-refractivity contribution in [2.75, 3.05) is 13.2 Å². The van der Waals surface area contributed by atoms with Crippen LogP contribution in [0.2, 0.25) is 5.02 Å². The lowest BCUT2D eigenvalue weighted by Gasteiger charge is -2.11. The van der Waals surface area contributed by atoms with Crippen LogP contribution in [0.15, 0.2) is 54.6 Å². The molecule has 3 rings (SSSR count). The summed E-state index contributed by atoms with van der Waals surface area (Å²) in [5.74, 6) is -1.32. The number of esters is 1. The first-order valence-corrected chi connectivity index (χ1v) is 8.86. The Balaban J connectivity index is 2.01. The van der Waals surface area contributed by atoms with Crippen molar-refractivity contribution in [3.63, 3.8) is 0 Å². The van der Waals surface area contributed by atoms with Crippen molar-refractivity contribution >= 4 is 17.6 Å². The van der Waals surface area contributed by atoms with Gasteiger partial charge < -0.3 is 9.47 Å². The zero-order valence-electron chi connectivity index (χ0n) is 14.9. The standard InChI is InChI=1S/C21H16ClF2NO3/c1-2-27-21(26)12-28-20-11-15(14-5-8-17(22)18(24)9-14)10-19(25-20)13-3-6-16(23)7-4-13/h3-11H,2,12H2,1H3. The molecular weight excluding hydrogens is 388 g/mol. The predicted octanol–water partition coefficient (Wildman–Crippen LogP) is 5.29. The zero-order chi connectivity index (χ0) is 20.1. The maximum atomic E-state index is 13.9. The maximum Gasteiger partial charge on any atom is 0.344 e. The molecule has 28 heavy (non-hydrogen) atoms. The van der Waals surface area contributed by atoms with Crippen molar-refractivity contribution in [3.8, 4) is 28.3 Å². The maximum absolute atomic E-state index is 13.9. The molecule has 0 aliphatic rings. The average molecular weight is 404 g/mol. The Morgan fingerprint density at radius 1 is 1.00 bits per heavy atom. The number of hydrogen-bond acceptors (Lipinski definition) is 4. The minimum absolute atomic E-state index is 0.00958. The van der Waals surface area contributed by atoms with Gasteiger partial charge in [0.2, 0.25) is 5.88 Å². The molecular formula is C21H16ClF2NO3. The fourth-order valence-electron chi connectivity index (χ4n) is 2.53. The van der Waals surface area contributed by atoms with E-state index >= 15 is 0 Å². The van der Waals surface area contributed by atoms with Crippen molar-refractivity contribution in [2.24, 2.45) is 0 Å². The Morgan fingerprint density at radius 3 is 2.39 bits per heavy atom. The van der Waals surface area contributed by atoms with Gasteiger partial charge in [-0.1, -0.05) is 17.7 Å². The van der Waals surface area contributed by atoms with Gasteiger partial charge in [0.25, 0.3) is 0 Å². The average Bonchev–Trinajstić information content (AvgIpc) is 2.69. The molecule has 0 amide bonds. The van der Waals surface area contributed by atoms with Crippen molar-refractivity contribution in [1.82, 2.24) is 4.98 Å². The van der Waals surface area contributed by atoms with Gasteiger partial charge in [-0.25, -0.2) is 18.6 Å². The molecule has 2 aromatic carbocycles. The van der Waals surface area contributed by atoms with Crippen LogP contribution in [0, 0.1) is 11.6 Å². The normalized spacial score (nSPS) is 10.6. The molecule has 0 fully saturated rings. The number of benzene rings is 2. The number of hydrogen-bond donors (Lipinski definition) is 0. The largest absolute Gasteiger partial charge is 0.466 e. The lowest BCUT2D eigenvalue weighted by Crippen LogP contribution is -2.15. The number of carbonyl (C=O) groups is 1. The minimum atomic E-state index is -0.562. The van der Waals surface area contributed by atoms with Gasteiger partial charge in [-0.05, 0) is 60.5 Å². The third-order valence-corrected chi connectivity index (χ3v) is 4.14. The van der Waals surface area contributed by atoms with Gasteiger partial charge in [-0.15, -0.1) is 0 Å². The molecule has 1 aromatic heterocycles. The molecule has 0 aliphatic heterocycles. The number of pyridine rings is 1. The van der Waals surface area contributed by atoms with E-state index in [9.17, 15) is 13.6 Å². The highest BCUT2D eigenvalue weighted by Gasteiger charge is 2.12. The van der Waals surface area contributed by atoms with Gasteiger partial charge in [0.05, 0.1) is 17.3 Å². The molecule has 0 unspecified atom stereocenters. The fraction of sp³-hybridized carbons (Fsp3) is 0.143. The van der Waals surface area contributed by atoms with E-state index in [1.165, 1.54) is 24.3 Å². The van der Waals surface area contributed by atoms with E-state index in [0.717, 1.165) is 0 Å². The molecule has 0 saturated heterocycles. The molecule has 0 aliphatic carbocycles. The van der Waals surface area contributed by atoms with Gasteiger partial charge in [0, 0.05) is 11.6 Å². The first-order valence-electron chi connectivity index (χ1n) is 8.48. The van der Waals surface area contributed by atoms with Crippen LogP contribution in [0.4, 0.5) is 8.78 Å². The summed E-state index contributed by atoms with van der Waals surface area (Å²) in [6.45, 7) is 1.61. The molecule has 1 heterocycles. The summed E-state index contributed by atoms with van der Waals surface area (Å²) in [5, 5.41) is 0.00958. The van der Waals surface area contributed by atoms with Crippen LogP contribution in [0.5, 0.6) is 5.88 Å². The van der Waals surface area contributed by atoms with Crippen LogP contribution in [-0.2, 0) is 9.53 Å². The van der Waals surface area contributed by atoms with Crippen molar-refractivity contribution < 1.29 is 23.0 Å². The Hall–Kier alpha value is -2.99. The van der Waals surface area contributed by atoms with E-state index in [0.29, 0.717) is 22.4 Å². The van der Waals surface area contributed by atoms with Crippen LogP contribution in [-0.4, -0.2) is 24.2 Å². The van der Waals surface area contributed by atoms with E-state index in [1.54, 1.807) is 37.3 Å². The van der Waals surface area contributed by atoms with Crippen molar-refractivity contribution in [1.29, 1.82) is 0 Å². The lowest BCUT2D eigenvalue weighted by molar-refractivity contribution is -0.145. The first-order chi connectivity index (χ1) is 13.5. The number of aromatic nitrogens is 1. The van der Waals surface area contributed by atoms with Crippen molar-refractivity contribution in [3.05, 3.63) is 71.3 Å². The molecule has 0 radical (unpaired) electrons. The van der Waals surface area contributed by atoms with Crippen LogP contribution in [0.25, 0.3) is 22.4 Å². The van der Waals surface area contributed by atoms with E-state index in [1.807, 2.05) is 0 Å². The number of halogens is 3. The topological polar surface area (TPSA) is 48.4 Å². The summed E-state index contributed by atoms with van der Waals surface area (Å²) >= 11 is 5.76. The minimum Gasteiger partial charge on any atom is -0.466 e. The van der Waals surface area contributed by atoms with Crippen LogP contribution in [0.3, 0.4) is 0 Å². The molecule has 0 N–H and O–H groups in total. The van der Waals surface area contributed by atoms with Crippen LogP contribution < -0.4 is 4.74 Å². The van der Waals surface area contributed by atoms with E-state index < -0.39 is 11.8 Å². The third kappa shape index (κ3) is 4.84. The number of nitrogens with zero attached hydrogens (tertiary/aromatic N) is 1. The Morgan fingerprint density at radius 2 is 1.71 bits per heavy atom. The van der Waals surface area contributed by atoms with Gasteiger partial charge in [0.15, 0.2) is 6.61 Å². The fourth-order valence-corrected chi connectivity index (χ4v) is 2.64. The van der Waals surface area contributed by atoms with Crippen LogP contribution in [0.1, 0.15) is 6.92 Å². The SMILES string of the molecule is CCOC(=O)COc1cc(-c2ccc(Cl)c(F)c2)cc(-c2ccc(F)cc2)n1. The smallest absolute Gasteiger partial charge is 0.344 e. The van der Waals surface area contributed by atoms with E-state index in [2.05, 4.69) is 4.98 Å². The highest BCUT2D eigenvalue weighted by molar-refractivity contribution is 6.30. The Bertz CT molecular complexity index is 993. The molecule has 3 aromatic rings. The summed E-state index contributed by atoms with van der Waals surface area (Å²) < 4.78 is 37.4. The quantitative estimate of drug-likeness (QED) is 0.525. The Kier molecular flexibility index (Phi) is 6.21. The summed E-state index contributed by atoms with van der Waals surface area (Å²) in [6, 6.07) is 13.4. The second-order valence-electron chi connectivity index (χ2n) is 5.81. The second kappa shape index (κ2) is 8.80. The molecule has 0 saturated carbocycles. The molecule has 4 nitrogen and oxygen atoms in total. The second-order valence-corrected chi connectivity index (χ2v) is 6.22.